The number of urea groups is 1. The molecule has 4 heterocycles. The summed E-state index contributed by atoms with van der Waals surface area (Å²) in [4.78, 5) is 61.6. The van der Waals surface area contributed by atoms with E-state index in [4.69, 9.17) is 30.4 Å². The predicted octanol–water partition coefficient (Wildman–Crippen LogP) is 3.51. The molecule has 3 aromatic rings. The molecule has 57 heavy (non-hydrogen) atoms. The van der Waals surface area contributed by atoms with Crippen molar-refractivity contribution in [2.75, 3.05) is 58.2 Å². The average Bonchev–Trinajstić information content (AvgIpc) is 3.24. The van der Waals surface area contributed by atoms with Gasteiger partial charge < -0.3 is 55.7 Å². The van der Waals surface area contributed by atoms with Gasteiger partial charge in [0.25, 0.3) is 0 Å². The molecular weight excluding hydrogens is 732 g/mol. The van der Waals surface area contributed by atoms with Gasteiger partial charge in [0, 0.05) is 76.4 Å². The van der Waals surface area contributed by atoms with Crippen molar-refractivity contribution >= 4 is 29.9 Å². The summed E-state index contributed by atoms with van der Waals surface area (Å²) in [6, 6.07) is 20.7. The number of anilines is 1. The Morgan fingerprint density at radius 1 is 0.807 bits per heavy atom. The van der Waals surface area contributed by atoms with E-state index in [2.05, 4.69) is 15.6 Å². The number of pyridine rings is 1. The molecule has 16 nitrogen and oxygen atoms in total. The van der Waals surface area contributed by atoms with Gasteiger partial charge in [-0.3, -0.25) is 4.79 Å². The SMILES string of the molecule is Cc1nc(N)ccc1CNC(=O)C1CCN(C(=O)O[C@@H]2OCC[C@H](COC(=O)N3CCN(C(=O)NCc4cccc(CN)c4)CC3)C2OCc2ccccc2)CC1. The van der Waals surface area contributed by atoms with E-state index in [0.717, 1.165) is 27.9 Å². The Hall–Kier alpha value is -5.45. The third-order valence-corrected chi connectivity index (χ3v) is 10.7. The monoisotopic (exact) mass is 786 g/mol. The first-order valence-electron chi connectivity index (χ1n) is 19.6. The molecule has 0 radical (unpaired) electrons. The molecule has 1 unspecified atom stereocenters. The first kappa shape index (κ1) is 41.2. The number of carbonyl (C=O) groups is 4. The standard InChI is InChI=1S/C41H54N8O8/c1-28-33(10-11-35(43)46-28)25-44-37(50)32-12-15-48(16-13-32)41(53)57-38-36(55-26-29-6-3-2-4-7-29)34(14-21-54-38)27-56-40(52)49-19-17-47(18-20-49)39(51)45-24-31-9-5-8-30(22-31)23-42/h2-11,22,32,34,36,38H,12-21,23-27,42H2,1H3,(H2,43,46)(H,44,50)(H,45,51)/t34-,36?,38+/m1/s1. The molecule has 3 atom stereocenters. The molecule has 0 spiro atoms. The molecule has 3 fully saturated rings. The van der Waals surface area contributed by atoms with Crippen molar-refractivity contribution < 1.29 is 38.1 Å². The number of nitrogens with two attached hydrogens (primary N) is 2. The largest absolute Gasteiger partial charge is 0.449 e. The van der Waals surface area contributed by atoms with Crippen molar-refractivity contribution in [1.29, 1.82) is 0 Å². The molecule has 1 aromatic heterocycles. The Bertz CT molecular complexity index is 1820. The highest BCUT2D eigenvalue weighted by Gasteiger charge is 2.40. The lowest BCUT2D eigenvalue weighted by Gasteiger charge is -2.39. The third-order valence-electron chi connectivity index (χ3n) is 10.7. The van der Waals surface area contributed by atoms with Crippen LogP contribution in [0.1, 0.15) is 47.2 Å². The molecule has 0 aliphatic carbocycles. The van der Waals surface area contributed by atoms with Gasteiger partial charge in [-0.05, 0) is 54.5 Å². The van der Waals surface area contributed by atoms with Crippen molar-refractivity contribution in [2.24, 2.45) is 17.6 Å². The fourth-order valence-electron chi connectivity index (χ4n) is 7.22. The summed E-state index contributed by atoms with van der Waals surface area (Å²) in [7, 11) is 0. The zero-order chi connectivity index (χ0) is 40.1. The molecule has 16 heteroatoms. The molecule has 3 aliphatic rings. The second kappa shape index (κ2) is 20.1. The average molecular weight is 787 g/mol. The number of benzene rings is 2. The smallest absolute Gasteiger partial charge is 0.412 e. The van der Waals surface area contributed by atoms with Gasteiger partial charge in [-0.2, -0.15) is 0 Å². The van der Waals surface area contributed by atoms with Crippen molar-refractivity contribution in [3.8, 4) is 0 Å². The number of hydrogen-bond donors (Lipinski definition) is 4. The molecule has 6 N–H and O–H groups in total. The number of carbonyl (C=O) groups excluding carboxylic acids is 4. The van der Waals surface area contributed by atoms with E-state index < -0.39 is 24.6 Å². The Balaban J connectivity index is 0.974. The van der Waals surface area contributed by atoms with Crippen LogP contribution in [0.3, 0.4) is 0 Å². The van der Waals surface area contributed by atoms with Gasteiger partial charge in [-0.15, -0.1) is 0 Å². The van der Waals surface area contributed by atoms with Crippen LogP contribution in [0, 0.1) is 18.8 Å². The van der Waals surface area contributed by atoms with Gasteiger partial charge in [0.1, 0.15) is 11.9 Å². The van der Waals surface area contributed by atoms with Crippen LogP contribution >= 0.6 is 0 Å². The minimum absolute atomic E-state index is 0.0325. The van der Waals surface area contributed by atoms with E-state index in [-0.39, 0.29) is 43.6 Å². The maximum absolute atomic E-state index is 13.5. The second-order valence-corrected chi connectivity index (χ2v) is 14.6. The number of piperazine rings is 1. The van der Waals surface area contributed by atoms with Crippen molar-refractivity contribution in [3.05, 3.63) is 94.7 Å². The maximum atomic E-state index is 13.5. The number of nitrogens with one attached hydrogen (secondary N) is 2. The molecule has 3 saturated heterocycles. The molecule has 2 aromatic carbocycles. The van der Waals surface area contributed by atoms with Crippen LogP contribution in [0.4, 0.5) is 20.2 Å². The van der Waals surface area contributed by atoms with E-state index in [1.54, 1.807) is 20.8 Å². The lowest BCUT2D eigenvalue weighted by molar-refractivity contribution is -0.231. The lowest BCUT2D eigenvalue weighted by Crippen LogP contribution is -2.53. The molecule has 6 rings (SSSR count). The summed E-state index contributed by atoms with van der Waals surface area (Å²) in [6.07, 6.45) is -1.29. The van der Waals surface area contributed by atoms with Crippen molar-refractivity contribution in [2.45, 2.75) is 64.8 Å². The summed E-state index contributed by atoms with van der Waals surface area (Å²) < 4.78 is 24.1. The Labute approximate surface area is 333 Å². The van der Waals surface area contributed by atoms with Gasteiger partial charge >= 0.3 is 18.2 Å². The van der Waals surface area contributed by atoms with Crippen molar-refractivity contribution in [1.82, 2.24) is 30.3 Å². The minimum Gasteiger partial charge on any atom is -0.449 e. The van der Waals surface area contributed by atoms with Crippen LogP contribution in [0.25, 0.3) is 0 Å². The van der Waals surface area contributed by atoms with E-state index in [1.165, 1.54) is 0 Å². The number of amides is 5. The highest BCUT2D eigenvalue weighted by atomic mass is 16.7. The summed E-state index contributed by atoms with van der Waals surface area (Å²) in [5, 5.41) is 5.93. The zero-order valence-electron chi connectivity index (χ0n) is 32.5. The first-order valence-corrected chi connectivity index (χ1v) is 19.6. The normalized spacial score (nSPS) is 20.1. The van der Waals surface area contributed by atoms with E-state index in [0.29, 0.717) is 84.0 Å². The number of aryl methyl sites for hydroxylation is 1. The molecular formula is C41H54N8O8. The van der Waals surface area contributed by atoms with Crippen LogP contribution in [-0.2, 0) is 50.0 Å². The molecule has 0 bridgehead atoms. The number of hydrogen-bond acceptors (Lipinski definition) is 11. The Morgan fingerprint density at radius 2 is 1.51 bits per heavy atom. The fraction of sp³-hybridized carbons (Fsp3) is 0.488. The topological polar surface area (TPSA) is 204 Å². The highest BCUT2D eigenvalue weighted by molar-refractivity contribution is 5.79. The number of rotatable bonds is 12. The number of ether oxygens (including phenoxy) is 4. The molecule has 3 aliphatic heterocycles. The second-order valence-electron chi connectivity index (χ2n) is 14.6. The first-order chi connectivity index (χ1) is 27.7. The Morgan fingerprint density at radius 3 is 2.25 bits per heavy atom. The van der Waals surface area contributed by atoms with Gasteiger partial charge in [0.2, 0.25) is 12.2 Å². The quantitative estimate of drug-likeness (QED) is 0.209. The zero-order valence-corrected chi connectivity index (χ0v) is 32.5. The number of likely N-dealkylation sites (tertiary alicyclic amines) is 1. The summed E-state index contributed by atoms with van der Waals surface area (Å²) in [5.74, 6) is -0.202. The van der Waals surface area contributed by atoms with Crippen LogP contribution < -0.4 is 22.1 Å². The summed E-state index contributed by atoms with van der Waals surface area (Å²) >= 11 is 0. The number of piperidine rings is 1. The maximum Gasteiger partial charge on any atom is 0.412 e. The van der Waals surface area contributed by atoms with Gasteiger partial charge in [-0.1, -0.05) is 60.7 Å². The summed E-state index contributed by atoms with van der Waals surface area (Å²) in [6.45, 7) is 5.64. The van der Waals surface area contributed by atoms with Crippen LogP contribution in [0.2, 0.25) is 0 Å². The highest BCUT2D eigenvalue weighted by Crippen LogP contribution is 2.28. The third kappa shape index (κ3) is 11.6. The van der Waals surface area contributed by atoms with E-state index >= 15 is 0 Å². The Kier molecular flexibility index (Phi) is 14.5. The van der Waals surface area contributed by atoms with Gasteiger partial charge in [-0.25, -0.2) is 19.4 Å². The molecule has 5 amide bonds. The molecule has 0 saturated carbocycles. The minimum atomic E-state index is -1.03. The predicted molar refractivity (Wildman–Crippen MR) is 210 cm³/mol. The molecule has 306 valence electrons. The summed E-state index contributed by atoms with van der Waals surface area (Å²) in [5.41, 5.74) is 16.0. The number of nitrogen functional groups attached to an aromatic ring is 1. The fourth-order valence-corrected chi connectivity index (χ4v) is 7.22. The van der Waals surface area contributed by atoms with E-state index in [9.17, 15) is 19.2 Å². The van der Waals surface area contributed by atoms with Gasteiger partial charge in [0.15, 0.2) is 0 Å². The lowest BCUT2D eigenvalue weighted by atomic mass is 9.96. The number of aromatic nitrogens is 1. The van der Waals surface area contributed by atoms with Crippen LogP contribution in [0.15, 0.2) is 66.7 Å². The van der Waals surface area contributed by atoms with Crippen molar-refractivity contribution in [3.63, 3.8) is 0 Å². The van der Waals surface area contributed by atoms with Gasteiger partial charge in [0.05, 0.1) is 19.8 Å². The van der Waals surface area contributed by atoms with Crippen LogP contribution in [-0.4, -0.2) is 109 Å². The van der Waals surface area contributed by atoms with Crippen LogP contribution in [0.5, 0.6) is 0 Å². The van der Waals surface area contributed by atoms with E-state index in [1.807, 2.05) is 67.6 Å². The number of nitrogens with zero attached hydrogens (tertiary/aromatic N) is 4.